The van der Waals surface area contributed by atoms with Gasteiger partial charge in [-0.1, -0.05) is 47.5 Å². The first-order valence-electron chi connectivity index (χ1n) is 13.2. The molecule has 216 valence electrons. The van der Waals surface area contributed by atoms with E-state index in [1.165, 1.54) is 0 Å². The molecule has 3 aromatic rings. The van der Waals surface area contributed by atoms with Gasteiger partial charge in [0, 0.05) is 66.9 Å². The number of aliphatic hydroxyl groups excluding tert-OH is 1. The fourth-order valence-corrected chi connectivity index (χ4v) is 4.98. The van der Waals surface area contributed by atoms with Crippen LogP contribution in [0.3, 0.4) is 0 Å². The highest BCUT2D eigenvalue weighted by Crippen LogP contribution is 2.45. The third kappa shape index (κ3) is 7.21. The molecule has 3 N–H and O–H groups in total. The van der Waals surface area contributed by atoms with Crippen molar-refractivity contribution in [1.82, 2.24) is 10.9 Å². The molecule has 1 aliphatic heterocycles. The lowest BCUT2D eigenvalue weighted by Gasteiger charge is -2.30. The number of hydrazine groups is 1. The molecule has 2 atom stereocenters. The van der Waals surface area contributed by atoms with Crippen LogP contribution in [-0.4, -0.2) is 49.8 Å². The van der Waals surface area contributed by atoms with Crippen LogP contribution in [0.5, 0.6) is 5.75 Å². The molecule has 0 saturated carbocycles. The largest absolute Gasteiger partial charge is 0.494 e. The fourth-order valence-electron chi connectivity index (χ4n) is 4.47. The average Bonchev–Trinajstić information content (AvgIpc) is 3.34. The second-order valence-corrected chi connectivity index (χ2v) is 10.7. The van der Waals surface area contributed by atoms with Gasteiger partial charge in [-0.05, 0) is 54.1 Å². The SMILES string of the molecule is C=CC[C@]1(C(=O)NNCc2ccc(N(C)C)cc2)N=C(c2ccc(OCCCO)cc2)O[C@H]1c1ccc(Cl)cc1Cl. The maximum absolute atomic E-state index is 13.9. The highest BCUT2D eigenvalue weighted by molar-refractivity contribution is 6.35. The smallest absolute Gasteiger partial charge is 0.266 e. The van der Waals surface area contributed by atoms with Gasteiger partial charge in [0.25, 0.3) is 5.91 Å². The summed E-state index contributed by atoms with van der Waals surface area (Å²) in [4.78, 5) is 20.8. The molecule has 41 heavy (non-hydrogen) atoms. The van der Waals surface area contributed by atoms with Gasteiger partial charge in [0.2, 0.25) is 5.90 Å². The summed E-state index contributed by atoms with van der Waals surface area (Å²) < 4.78 is 12.0. The Morgan fingerprint density at radius 1 is 1.15 bits per heavy atom. The number of carbonyl (C=O) groups excluding carboxylic acids is 1. The number of hydrogen-bond acceptors (Lipinski definition) is 7. The maximum atomic E-state index is 13.9. The van der Waals surface area contributed by atoms with Crippen LogP contribution < -0.4 is 20.5 Å². The van der Waals surface area contributed by atoms with E-state index in [2.05, 4.69) is 17.4 Å². The molecular formula is C31H34Cl2N4O4. The van der Waals surface area contributed by atoms with E-state index in [1.54, 1.807) is 36.4 Å². The van der Waals surface area contributed by atoms with E-state index < -0.39 is 17.6 Å². The van der Waals surface area contributed by atoms with Gasteiger partial charge in [-0.15, -0.1) is 6.58 Å². The van der Waals surface area contributed by atoms with E-state index in [-0.39, 0.29) is 13.0 Å². The van der Waals surface area contributed by atoms with Gasteiger partial charge in [-0.25, -0.2) is 10.4 Å². The average molecular weight is 598 g/mol. The summed E-state index contributed by atoms with van der Waals surface area (Å²) in [6.45, 7) is 4.76. The normalized spacial score (nSPS) is 17.9. The van der Waals surface area contributed by atoms with Gasteiger partial charge in [0.15, 0.2) is 11.6 Å². The molecule has 1 amide bonds. The Kier molecular flexibility index (Phi) is 10.3. The molecule has 4 rings (SSSR count). The molecule has 8 nitrogen and oxygen atoms in total. The van der Waals surface area contributed by atoms with Crippen LogP contribution in [0, 0.1) is 0 Å². The van der Waals surface area contributed by atoms with Crippen molar-refractivity contribution >= 4 is 40.7 Å². The van der Waals surface area contributed by atoms with Crippen molar-refractivity contribution < 1.29 is 19.4 Å². The van der Waals surface area contributed by atoms with Crippen molar-refractivity contribution in [2.24, 2.45) is 4.99 Å². The highest BCUT2D eigenvalue weighted by Gasteiger charge is 2.53. The molecule has 0 unspecified atom stereocenters. The standard InChI is InChI=1S/C31H34Cl2N4O4/c1-4-16-31(30(39)36-34-20-21-6-11-24(12-7-21)37(2)3)28(26-15-10-23(32)19-27(26)33)41-29(35-31)22-8-13-25(14-9-22)40-18-5-17-38/h4,6-15,19,28,34,38H,1,5,16-18,20H2,2-3H3,(H,36,39)/t28-,31-/m0/s1. The number of carbonyl (C=O) groups is 1. The van der Waals surface area contributed by atoms with Crippen molar-refractivity contribution in [2.45, 2.75) is 31.0 Å². The molecule has 0 saturated heterocycles. The number of hydrogen-bond donors (Lipinski definition) is 3. The van der Waals surface area contributed by atoms with Gasteiger partial charge < -0.3 is 19.5 Å². The molecule has 0 aliphatic carbocycles. The first-order valence-corrected chi connectivity index (χ1v) is 14.0. The minimum absolute atomic E-state index is 0.0580. The van der Waals surface area contributed by atoms with Crippen LogP contribution >= 0.6 is 23.2 Å². The van der Waals surface area contributed by atoms with Crippen molar-refractivity contribution in [3.05, 3.63) is 106 Å². The summed E-state index contributed by atoms with van der Waals surface area (Å²) in [6.07, 6.45) is 1.52. The van der Waals surface area contributed by atoms with Crippen LogP contribution in [0.1, 0.15) is 35.6 Å². The van der Waals surface area contributed by atoms with E-state index in [1.807, 2.05) is 55.4 Å². The Morgan fingerprint density at radius 3 is 2.51 bits per heavy atom. The van der Waals surface area contributed by atoms with Gasteiger partial charge >= 0.3 is 0 Å². The Bertz CT molecular complexity index is 1380. The second kappa shape index (κ2) is 13.9. The number of amides is 1. The molecular weight excluding hydrogens is 563 g/mol. The first-order chi connectivity index (χ1) is 19.8. The first kappa shape index (κ1) is 30.4. The molecule has 0 radical (unpaired) electrons. The van der Waals surface area contributed by atoms with Crippen LogP contribution in [0.4, 0.5) is 5.69 Å². The lowest BCUT2D eigenvalue weighted by molar-refractivity contribution is -0.129. The summed E-state index contributed by atoms with van der Waals surface area (Å²) in [6, 6.07) is 20.3. The Balaban J connectivity index is 1.61. The number of ether oxygens (including phenoxy) is 2. The maximum Gasteiger partial charge on any atom is 0.266 e. The fraction of sp³-hybridized carbons (Fsp3) is 0.290. The van der Waals surface area contributed by atoms with E-state index >= 15 is 0 Å². The number of aliphatic imine (C=N–C) groups is 1. The topological polar surface area (TPSA) is 95.4 Å². The molecule has 0 spiro atoms. The zero-order chi connectivity index (χ0) is 29.4. The van der Waals surface area contributed by atoms with Crippen molar-refractivity contribution in [2.75, 3.05) is 32.2 Å². The van der Waals surface area contributed by atoms with Gasteiger partial charge in [0.05, 0.1) is 6.61 Å². The van der Waals surface area contributed by atoms with Crippen LogP contribution in [-0.2, 0) is 16.1 Å². The molecule has 1 heterocycles. The predicted octanol–water partition coefficient (Wildman–Crippen LogP) is 5.47. The number of halogens is 2. The van der Waals surface area contributed by atoms with E-state index in [9.17, 15) is 4.79 Å². The zero-order valence-corrected chi connectivity index (χ0v) is 24.6. The van der Waals surface area contributed by atoms with Crippen molar-refractivity contribution in [1.29, 1.82) is 0 Å². The van der Waals surface area contributed by atoms with Crippen LogP contribution in [0.2, 0.25) is 10.0 Å². The molecule has 10 heteroatoms. The molecule has 1 aliphatic rings. The third-order valence-electron chi connectivity index (χ3n) is 6.68. The van der Waals surface area contributed by atoms with Crippen molar-refractivity contribution in [3.8, 4) is 5.75 Å². The minimum atomic E-state index is -1.40. The lowest BCUT2D eigenvalue weighted by atomic mass is 9.84. The van der Waals surface area contributed by atoms with Crippen LogP contribution in [0.25, 0.3) is 0 Å². The number of anilines is 1. The van der Waals surface area contributed by atoms with Crippen molar-refractivity contribution in [3.63, 3.8) is 0 Å². The van der Waals surface area contributed by atoms with E-state index in [0.717, 1.165) is 11.3 Å². The summed E-state index contributed by atoms with van der Waals surface area (Å²) in [5.41, 5.74) is 7.80. The Hall–Kier alpha value is -3.56. The van der Waals surface area contributed by atoms with E-state index in [4.69, 9.17) is 42.8 Å². The van der Waals surface area contributed by atoms with Gasteiger partial charge in [0.1, 0.15) is 5.75 Å². The highest BCUT2D eigenvalue weighted by atomic mass is 35.5. The Labute approximate surface area is 250 Å². The van der Waals surface area contributed by atoms with Crippen LogP contribution in [0.15, 0.2) is 84.4 Å². The minimum Gasteiger partial charge on any atom is -0.494 e. The summed E-state index contributed by atoms with van der Waals surface area (Å²) in [7, 11) is 3.96. The van der Waals surface area contributed by atoms with Gasteiger partial charge in [-0.2, -0.15) is 0 Å². The second-order valence-electron chi connectivity index (χ2n) is 9.82. The number of aliphatic hydroxyl groups is 1. The zero-order valence-electron chi connectivity index (χ0n) is 23.1. The molecule has 0 aromatic heterocycles. The van der Waals surface area contributed by atoms with E-state index in [0.29, 0.717) is 52.4 Å². The number of rotatable bonds is 13. The molecule has 0 bridgehead atoms. The summed E-state index contributed by atoms with van der Waals surface area (Å²) in [5, 5.41) is 9.82. The van der Waals surface area contributed by atoms with Gasteiger partial charge in [-0.3, -0.25) is 10.2 Å². The lowest BCUT2D eigenvalue weighted by Crippen LogP contribution is -2.52. The molecule has 3 aromatic carbocycles. The third-order valence-corrected chi connectivity index (χ3v) is 7.24. The number of nitrogens with zero attached hydrogens (tertiary/aromatic N) is 2. The Morgan fingerprint density at radius 2 is 1.88 bits per heavy atom. The number of benzene rings is 3. The summed E-state index contributed by atoms with van der Waals surface area (Å²) in [5.74, 6) is 0.549. The predicted molar refractivity (Wildman–Crippen MR) is 164 cm³/mol. The summed E-state index contributed by atoms with van der Waals surface area (Å²) >= 11 is 12.8. The quantitative estimate of drug-likeness (QED) is 0.137. The monoisotopic (exact) mass is 596 g/mol. The number of nitrogens with one attached hydrogen (secondary N) is 2. The molecule has 0 fully saturated rings.